The quantitative estimate of drug-likeness (QED) is 0.910. The number of carbonyl (C=O) groups excluding carboxylic acids is 1. The van der Waals surface area contributed by atoms with Crippen LogP contribution in [0.1, 0.15) is 33.5 Å². The summed E-state index contributed by atoms with van der Waals surface area (Å²) < 4.78 is 5.21. The van der Waals surface area contributed by atoms with Gasteiger partial charge in [-0.3, -0.25) is 4.79 Å². The van der Waals surface area contributed by atoms with Crippen LogP contribution in [0.3, 0.4) is 0 Å². The predicted octanol–water partition coefficient (Wildman–Crippen LogP) is 3.20. The smallest absolute Gasteiger partial charge is 0.254 e. The van der Waals surface area contributed by atoms with E-state index in [1.807, 2.05) is 42.2 Å². The number of nitrogens with zero attached hydrogens (tertiary/aromatic N) is 1. The number of amides is 1. The van der Waals surface area contributed by atoms with E-state index in [9.17, 15) is 4.79 Å². The fourth-order valence-corrected chi connectivity index (χ4v) is 3.47. The summed E-state index contributed by atoms with van der Waals surface area (Å²) in [4.78, 5) is 14.8. The van der Waals surface area contributed by atoms with Gasteiger partial charge in [-0.2, -0.15) is 0 Å². The lowest BCUT2D eigenvalue weighted by atomic mass is 9.98. The first-order chi connectivity index (χ1) is 12.1. The van der Waals surface area contributed by atoms with E-state index in [4.69, 9.17) is 9.84 Å². The molecule has 1 saturated heterocycles. The Balaban J connectivity index is 1.62. The molecule has 0 radical (unpaired) electrons. The predicted molar refractivity (Wildman–Crippen MR) is 97.8 cm³/mol. The Bertz CT molecular complexity index is 739. The van der Waals surface area contributed by atoms with Gasteiger partial charge in [-0.1, -0.05) is 24.3 Å². The molecule has 132 valence electrons. The summed E-state index contributed by atoms with van der Waals surface area (Å²) in [5.41, 5.74) is 3.90. The zero-order valence-electron chi connectivity index (χ0n) is 14.9. The summed E-state index contributed by atoms with van der Waals surface area (Å²) in [6, 6.07) is 13.7. The molecule has 0 aliphatic carbocycles. The maximum absolute atomic E-state index is 12.8. The average Bonchev–Trinajstić information content (AvgIpc) is 3.10. The lowest BCUT2D eigenvalue weighted by Crippen LogP contribution is -2.29. The maximum atomic E-state index is 12.8. The third kappa shape index (κ3) is 4.02. The van der Waals surface area contributed by atoms with Crippen molar-refractivity contribution in [1.82, 2.24) is 4.90 Å². The van der Waals surface area contributed by atoms with Crippen LogP contribution in [-0.2, 0) is 13.0 Å². The number of hydrogen-bond donors (Lipinski definition) is 1. The highest BCUT2D eigenvalue weighted by atomic mass is 16.5. The Kier molecular flexibility index (Phi) is 5.39. The van der Waals surface area contributed by atoms with Crippen molar-refractivity contribution in [2.75, 3.05) is 20.2 Å². The molecule has 2 aromatic rings. The standard InChI is InChI=1S/C21H25NO3/c1-15-11-19(25-2)7-8-20(15)21(24)22-10-9-18(13-22)12-16-3-5-17(14-23)6-4-16/h3-8,11,18,23H,9-10,12-14H2,1-2H3/t18-/m0/s1. The molecule has 0 aromatic heterocycles. The first kappa shape index (κ1) is 17.5. The molecule has 25 heavy (non-hydrogen) atoms. The molecule has 4 heteroatoms. The van der Waals surface area contributed by atoms with Gasteiger partial charge in [-0.05, 0) is 60.6 Å². The van der Waals surface area contributed by atoms with E-state index in [0.29, 0.717) is 5.92 Å². The topological polar surface area (TPSA) is 49.8 Å². The van der Waals surface area contributed by atoms with Crippen molar-refractivity contribution in [3.8, 4) is 5.75 Å². The van der Waals surface area contributed by atoms with Crippen LogP contribution in [-0.4, -0.2) is 36.1 Å². The van der Waals surface area contributed by atoms with Gasteiger partial charge in [0.15, 0.2) is 0 Å². The van der Waals surface area contributed by atoms with Crippen LogP contribution < -0.4 is 4.74 Å². The average molecular weight is 339 g/mol. The number of likely N-dealkylation sites (tertiary alicyclic amines) is 1. The van der Waals surface area contributed by atoms with Crippen molar-refractivity contribution in [2.45, 2.75) is 26.4 Å². The summed E-state index contributed by atoms with van der Waals surface area (Å²) in [6.07, 6.45) is 2.00. The fourth-order valence-electron chi connectivity index (χ4n) is 3.47. The number of carbonyl (C=O) groups is 1. The monoisotopic (exact) mass is 339 g/mol. The first-order valence-electron chi connectivity index (χ1n) is 8.73. The second-order valence-corrected chi connectivity index (χ2v) is 6.77. The van der Waals surface area contributed by atoms with E-state index in [0.717, 1.165) is 48.4 Å². The summed E-state index contributed by atoms with van der Waals surface area (Å²) in [5.74, 6) is 1.38. The number of methoxy groups -OCH3 is 1. The minimum absolute atomic E-state index is 0.0766. The van der Waals surface area contributed by atoms with Crippen LogP contribution in [0.4, 0.5) is 0 Å². The highest BCUT2D eigenvalue weighted by Crippen LogP contribution is 2.25. The molecule has 1 fully saturated rings. The van der Waals surface area contributed by atoms with Crippen molar-refractivity contribution in [3.05, 3.63) is 64.7 Å². The van der Waals surface area contributed by atoms with E-state index in [-0.39, 0.29) is 12.5 Å². The molecule has 1 aliphatic rings. The van der Waals surface area contributed by atoms with Crippen LogP contribution in [0.25, 0.3) is 0 Å². The second kappa shape index (κ2) is 7.70. The molecule has 1 heterocycles. The second-order valence-electron chi connectivity index (χ2n) is 6.77. The van der Waals surface area contributed by atoms with Gasteiger partial charge in [-0.25, -0.2) is 0 Å². The normalized spacial score (nSPS) is 16.9. The van der Waals surface area contributed by atoms with Crippen molar-refractivity contribution in [2.24, 2.45) is 5.92 Å². The van der Waals surface area contributed by atoms with E-state index in [1.165, 1.54) is 5.56 Å². The third-order valence-electron chi connectivity index (χ3n) is 4.97. The number of rotatable bonds is 5. The Hall–Kier alpha value is -2.33. The molecule has 1 N–H and O–H groups in total. The summed E-state index contributed by atoms with van der Waals surface area (Å²) >= 11 is 0. The molecule has 3 rings (SSSR count). The molecule has 1 atom stereocenters. The van der Waals surface area contributed by atoms with Gasteiger partial charge in [0, 0.05) is 18.7 Å². The molecule has 0 saturated carbocycles. The third-order valence-corrected chi connectivity index (χ3v) is 4.97. The lowest BCUT2D eigenvalue weighted by Gasteiger charge is -2.18. The SMILES string of the molecule is COc1ccc(C(=O)N2CC[C@@H](Cc3ccc(CO)cc3)C2)c(C)c1. The van der Waals surface area contributed by atoms with Gasteiger partial charge in [0.05, 0.1) is 13.7 Å². The van der Waals surface area contributed by atoms with E-state index < -0.39 is 0 Å². The van der Waals surface area contributed by atoms with Crippen LogP contribution in [0.2, 0.25) is 0 Å². The van der Waals surface area contributed by atoms with Crippen molar-refractivity contribution in [1.29, 1.82) is 0 Å². The minimum Gasteiger partial charge on any atom is -0.497 e. The van der Waals surface area contributed by atoms with Crippen LogP contribution >= 0.6 is 0 Å². The number of aliphatic hydroxyl groups is 1. The highest BCUT2D eigenvalue weighted by molar-refractivity contribution is 5.96. The van der Waals surface area contributed by atoms with Gasteiger partial charge in [0.2, 0.25) is 0 Å². The molecular formula is C21H25NO3. The Morgan fingerprint density at radius 2 is 1.92 bits per heavy atom. The van der Waals surface area contributed by atoms with E-state index >= 15 is 0 Å². The van der Waals surface area contributed by atoms with Gasteiger partial charge >= 0.3 is 0 Å². The lowest BCUT2D eigenvalue weighted by molar-refractivity contribution is 0.0786. The van der Waals surface area contributed by atoms with Gasteiger partial charge in [-0.15, -0.1) is 0 Å². The zero-order chi connectivity index (χ0) is 17.8. The largest absolute Gasteiger partial charge is 0.497 e. The van der Waals surface area contributed by atoms with Crippen molar-refractivity contribution >= 4 is 5.91 Å². The number of aryl methyl sites for hydroxylation is 1. The molecule has 2 aromatic carbocycles. The van der Waals surface area contributed by atoms with Crippen molar-refractivity contribution < 1.29 is 14.6 Å². The van der Waals surface area contributed by atoms with Crippen molar-refractivity contribution in [3.63, 3.8) is 0 Å². The summed E-state index contributed by atoms with van der Waals surface area (Å²) in [5, 5.41) is 9.12. The molecule has 0 spiro atoms. The Morgan fingerprint density at radius 3 is 2.56 bits per heavy atom. The molecule has 0 unspecified atom stereocenters. The highest BCUT2D eigenvalue weighted by Gasteiger charge is 2.27. The Morgan fingerprint density at radius 1 is 1.20 bits per heavy atom. The zero-order valence-corrected chi connectivity index (χ0v) is 14.9. The number of hydrogen-bond acceptors (Lipinski definition) is 3. The van der Waals surface area contributed by atoms with Crippen LogP contribution in [0.15, 0.2) is 42.5 Å². The van der Waals surface area contributed by atoms with Crippen LogP contribution in [0, 0.1) is 12.8 Å². The molecule has 0 bridgehead atoms. The number of benzene rings is 2. The molecule has 4 nitrogen and oxygen atoms in total. The minimum atomic E-state index is 0.0766. The summed E-state index contributed by atoms with van der Waals surface area (Å²) in [7, 11) is 1.63. The number of aliphatic hydroxyl groups excluding tert-OH is 1. The first-order valence-corrected chi connectivity index (χ1v) is 8.73. The fraction of sp³-hybridized carbons (Fsp3) is 0.381. The van der Waals surface area contributed by atoms with Gasteiger partial charge in [0.25, 0.3) is 5.91 Å². The van der Waals surface area contributed by atoms with Gasteiger partial charge < -0.3 is 14.7 Å². The van der Waals surface area contributed by atoms with Crippen LogP contribution in [0.5, 0.6) is 5.75 Å². The number of ether oxygens (including phenoxy) is 1. The Labute approximate surface area is 149 Å². The summed E-state index contributed by atoms with van der Waals surface area (Å²) in [6.45, 7) is 3.63. The van der Waals surface area contributed by atoms with Gasteiger partial charge in [0.1, 0.15) is 5.75 Å². The van der Waals surface area contributed by atoms with E-state index in [1.54, 1.807) is 7.11 Å². The molecular weight excluding hydrogens is 314 g/mol. The molecule has 1 amide bonds. The molecule has 1 aliphatic heterocycles. The van der Waals surface area contributed by atoms with E-state index in [2.05, 4.69) is 12.1 Å². The maximum Gasteiger partial charge on any atom is 0.254 e.